The van der Waals surface area contributed by atoms with Crippen LogP contribution in [0.1, 0.15) is 22.3 Å². The van der Waals surface area contributed by atoms with Gasteiger partial charge in [-0.25, -0.2) is 0 Å². The van der Waals surface area contributed by atoms with Crippen molar-refractivity contribution in [3.8, 4) is 0 Å². The Morgan fingerprint density at radius 1 is 0.611 bits per heavy atom. The lowest BCUT2D eigenvalue weighted by molar-refractivity contribution is 1.07. The zero-order valence-electron chi connectivity index (χ0n) is 11.1. The molecule has 0 bridgehead atoms. The summed E-state index contributed by atoms with van der Waals surface area (Å²) in [4.78, 5) is 5.69. The van der Waals surface area contributed by atoms with E-state index in [1.165, 1.54) is 41.8 Å². The Morgan fingerprint density at radius 3 is 1.50 bits per heavy atom. The molecule has 1 heterocycles. The molecule has 92 valence electrons. The number of benzene rings is 2. The Bertz CT molecular complexity index is 587. The van der Waals surface area contributed by atoms with E-state index in [4.69, 9.17) is 0 Å². The van der Waals surface area contributed by atoms with Gasteiger partial charge in [-0.1, -0.05) is 35.7 Å². The molecule has 0 N–H and O–H groups in total. The van der Waals surface area contributed by atoms with E-state index in [1.54, 1.807) is 0 Å². The lowest BCUT2D eigenvalue weighted by Gasteiger charge is -2.22. The van der Waals surface area contributed by atoms with Crippen molar-refractivity contribution >= 4 is 23.5 Å². The second kappa shape index (κ2) is 4.36. The summed E-state index contributed by atoms with van der Waals surface area (Å²) in [6.07, 6.45) is 0. The Kier molecular flexibility index (Phi) is 2.95. The van der Waals surface area contributed by atoms with Crippen LogP contribution in [0.4, 0.5) is 0 Å². The molecule has 2 aromatic rings. The van der Waals surface area contributed by atoms with Crippen molar-refractivity contribution in [1.29, 1.82) is 0 Å². The summed E-state index contributed by atoms with van der Waals surface area (Å²) in [6, 6.07) is 9.17. The van der Waals surface area contributed by atoms with Crippen LogP contribution < -0.4 is 0 Å². The Morgan fingerprint density at radius 2 is 1.06 bits per heavy atom. The first kappa shape index (κ1) is 12.2. The topological polar surface area (TPSA) is 0 Å². The van der Waals surface area contributed by atoms with Gasteiger partial charge in [0, 0.05) is 19.6 Å². The van der Waals surface area contributed by atoms with Crippen LogP contribution in [-0.2, 0) is 0 Å². The van der Waals surface area contributed by atoms with Gasteiger partial charge < -0.3 is 0 Å². The molecule has 0 aliphatic carbocycles. The van der Waals surface area contributed by atoms with E-state index in [9.17, 15) is 0 Å². The van der Waals surface area contributed by atoms with Gasteiger partial charge in [0.1, 0.15) is 0 Å². The summed E-state index contributed by atoms with van der Waals surface area (Å²) in [6.45, 7) is 8.78. The van der Waals surface area contributed by atoms with E-state index < -0.39 is 0 Å². The van der Waals surface area contributed by atoms with Gasteiger partial charge in [-0.2, -0.15) is 0 Å². The van der Waals surface area contributed by atoms with Crippen LogP contribution in [0.3, 0.4) is 0 Å². The molecule has 0 saturated carbocycles. The average molecular weight is 272 g/mol. The lowest BCUT2D eigenvalue weighted by atomic mass is 10.1. The smallest absolute Gasteiger partial charge is 0.0291 e. The van der Waals surface area contributed by atoms with Crippen molar-refractivity contribution in [2.24, 2.45) is 0 Å². The summed E-state index contributed by atoms with van der Waals surface area (Å²) in [5.41, 5.74) is 5.50. The molecule has 0 atom stereocenters. The van der Waals surface area contributed by atoms with Gasteiger partial charge in [-0.15, -0.1) is 0 Å². The van der Waals surface area contributed by atoms with E-state index in [0.717, 1.165) is 0 Å². The van der Waals surface area contributed by atoms with Crippen molar-refractivity contribution in [3.05, 3.63) is 46.5 Å². The fourth-order valence-electron chi connectivity index (χ4n) is 2.46. The molecule has 0 amide bonds. The van der Waals surface area contributed by atoms with Gasteiger partial charge >= 0.3 is 0 Å². The van der Waals surface area contributed by atoms with Crippen molar-refractivity contribution in [3.63, 3.8) is 0 Å². The van der Waals surface area contributed by atoms with Gasteiger partial charge in [0.2, 0.25) is 0 Å². The first-order chi connectivity index (χ1) is 8.54. The highest BCUT2D eigenvalue weighted by Crippen LogP contribution is 2.51. The molecule has 2 aromatic carbocycles. The minimum absolute atomic E-state index is 1.35. The zero-order chi connectivity index (χ0) is 12.9. The second-order valence-electron chi connectivity index (χ2n) is 5.02. The Labute approximate surface area is 117 Å². The number of aryl methyl sites for hydroxylation is 4. The summed E-state index contributed by atoms with van der Waals surface area (Å²) >= 11 is 3.85. The molecular formula is C16H16S2. The molecule has 0 unspecified atom stereocenters. The van der Waals surface area contributed by atoms with Crippen LogP contribution in [0, 0.1) is 27.7 Å². The number of hydrogen-bond donors (Lipinski definition) is 0. The predicted molar refractivity (Wildman–Crippen MR) is 80.1 cm³/mol. The molecule has 18 heavy (non-hydrogen) atoms. The summed E-state index contributed by atoms with van der Waals surface area (Å²) in [5, 5.41) is 0. The maximum absolute atomic E-state index is 2.31. The molecule has 1 aliphatic rings. The van der Waals surface area contributed by atoms with Gasteiger partial charge in [0.25, 0.3) is 0 Å². The molecule has 0 saturated heterocycles. The Hall–Kier alpha value is -0.860. The second-order valence-corrected chi connectivity index (χ2v) is 7.13. The van der Waals surface area contributed by atoms with Crippen LogP contribution in [0.5, 0.6) is 0 Å². The number of rotatable bonds is 0. The molecule has 0 spiro atoms. The van der Waals surface area contributed by atoms with E-state index in [2.05, 4.69) is 52.0 Å². The SMILES string of the molecule is Cc1cc(C)c2c(c1)Sc1cc(C)cc(C)c1S2. The van der Waals surface area contributed by atoms with E-state index >= 15 is 0 Å². The fraction of sp³-hybridized carbons (Fsp3) is 0.250. The quantitative estimate of drug-likeness (QED) is 0.527. The molecule has 2 heteroatoms. The zero-order valence-corrected chi connectivity index (χ0v) is 12.8. The highest BCUT2D eigenvalue weighted by molar-refractivity contribution is 8.05. The van der Waals surface area contributed by atoms with Crippen LogP contribution in [0.15, 0.2) is 43.8 Å². The molecule has 0 fully saturated rings. The molecule has 3 rings (SSSR count). The lowest BCUT2D eigenvalue weighted by Crippen LogP contribution is -1.96. The average Bonchev–Trinajstić information content (AvgIpc) is 2.26. The molecular weight excluding hydrogens is 256 g/mol. The normalized spacial score (nSPS) is 13.1. The highest BCUT2D eigenvalue weighted by atomic mass is 32.2. The van der Waals surface area contributed by atoms with Gasteiger partial charge in [0.05, 0.1) is 0 Å². The highest BCUT2D eigenvalue weighted by Gasteiger charge is 2.20. The fourth-order valence-corrected chi connectivity index (χ4v) is 5.16. The van der Waals surface area contributed by atoms with Crippen LogP contribution in [0.2, 0.25) is 0 Å². The third-order valence-electron chi connectivity index (χ3n) is 3.19. The van der Waals surface area contributed by atoms with Crippen molar-refractivity contribution < 1.29 is 0 Å². The summed E-state index contributed by atoms with van der Waals surface area (Å²) in [5.74, 6) is 0. The van der Waals surface area contributed by atoms with Crippen molar-refractivity contribution in [1.82, 2.24) is 0 Å². The third kappa shape index (κ3) is 1.98. The standard InChI is InChI=1S/C16H16S2/c1-9-5-11(3)15-13(7-9)17-14-8-10(2)6-12(4)16(14)18-15/h5-8H,1-4H3. The van der Waals surface area contributed by atoms with Crippen LogP contribution in [-0.4, -0.2) is 0 Å². The monoisotopic (exact) mass is 272 g/mol. The van der Waals surface area contributed by atoms with E-state index in [-0.39, 0.29) is 0 Å². The van der Waals surface area contributed by atoms with Crippen LogP contribution in [0.25, 0.3) is 0 Å². The molecule has 0 radical (unpaired) electrons. The van der Waals surface area contributed by atoms with Gasteiger partial charge in [0.15, 0.2) is 0 Å². The van der Waals surface area contributed by atoms with E-state index in [1.807, 2.05) is 23.5 Å². The molecule has 1 aliphatic heterocycles. The van der Waals surface area contributed by atoms with Crippen LogP contribution >= 0.6 is 23.5 Å². The minimum Gasteiger partial charge on any atom is -0.0877 e. The maximum Gasteiger partial charge on any atom is 0.0291 e. The Balaban J connectivity index is 2.18. The number of hydrogen-bond acceptors (Lipinski definition) is 2. The first-order valence-corrected chi connectivity index (χ1v) is 7.76. The third-order valence-corrected chi connectivity index (χ3v) is 6.03. The first-order valence-electron chi connectivity index (χ1n) is 6.13. The maximum atomic E-state index is 2.31. The molecule has 0 nitrogen and oxygen atoms in total. The van der Waals surface area contributed by atoms with E-state index in [0.29, 0.717) is 0 Å². The molecule has 0 aromatic heterocycles. The predicted octanol–water partition coefficient (Wildman–Crippen LogP) is 5.54. The summed E-state index contributed by atoms with van der Waals surface area (Å²) < 4.78 is 0. The summed E-state index contributed by atoms with van der Waals surface area (Å²) in [7, 11) is 0. The van der Waals surface area contributed by atoms with Crippen molar-refractivity contribution in [2.75, 3.05) is 0 Å². The van der Waals surface area contributed by atoms with Gasteiger partial charge in [-0.05, 0) is 62.1 Å². The largest absolute Gasteiger partial charge is 0.0877 e. The minimum atomic E-state index is 1.35. The van der Waals surface area contributed by atoms with Gasteiger partial charge in [-0.3, -0.25) is 0 Å². The van der Waals surface area contributed by atoms with Crippen molar-refractivity contribution in [2.45, 2.75) is 47.3 Å². The number of fused-ring (bicyclic) bond motifs is 2.